The fraction of sp³-hybridized carbons (Fsp3) is 0.192. The molecule has 0 aliphatic carbocycles. The Morgan fingerprint density at radius 2 is 1.37 bits per heavy atom. The summed E-state index contributed by atoms with van der Waals surface area (Å²) in [6.45, 7) is 4.70. The molecule has 0 atom stereocenters. The maximum atomic E-state index is 6.32. The number of hydrogen-bond acceptors (Lipinski definition) is 3. The van der Waals surface area contributed by atoms with Crippen LogP contribution in [0.15, 0.2) is 84.0 Å². The molecule has 0 spiro atoms. The highest BCUT2D eigenvalue weighted by molar-refractivity contribution is 6.31. The predicted octanol–water partition coefficient (Wildman–Crippen LogP) is 5.80. The van der Waals surface area contributed by atoms with Gasteiger partial charge in [0.05, 0.1) is 6.21 Å². The summed E-state index contributed by atoms with van der Waals surface area (Å²) in [5.41, 5.74) is 2.39. The van der Waals surface area contributed by atoms with Crippen molar-refractivity contribution >= 4 is 39.4 Å². The molecule has 30 heavy (non-hydrogen) atoms. The van der Waals surface area contributed by atoms with Crippen LogP contribution in [0, 0.1) is 0 Å². The fourth-order valence-corrected chi connectivity index (χ4v) is 4.40. The number of nitrogens with zero attached hydrogens (tertiary/aromatic N) is 3. The Labute approximate surface area is 182 Å². The van der Waals surface area contributed by atoms with Gasteiger partial charge in [-0.05, 0) is 39.2 Å². The topological polar surface area (TPSA) is 18.8 Å². The number of piperazine rings is 1. The molecule has 1 aliphatic heterocycles. The summed E-state index contributed by atoms with van der Waals surface area (Å²) < 4.78 is 0. The smallest absolute Gasteiger partial charge is 0.0555 e. The molecule has 1 fully saturated rings. The monoisotopic (exact) mass is 413 g/mol. The molecule has 1 saturated heterocycles. The molecule has 4 aromatic carbocycles. The molecule has 0 radical (unpaired) electrons. The average molecular weight is 414 g/mol. The Hall–Kier alpha value is -2.88. The highest BCUT2D eigenvalue weighted by atomic mass is 35.5. The maximum absolute atomic E-state index is 6.32. The number of rotatable bonds is 4. The van der Waals surface area contributed by atoms with Crippen LogP contribution >= 0.6 is 11.6 Å². The van der Waals surface area contributed by atoms with Gasteiger partial charge >= 0.3 is 0 Å². The Morgan fingerprint density at radius 1 is 0.767 bits per heavy atom. The van der Waals surface area contributed by atoms with Gasteiger partial charge in [0, 0.05) is 43.3 Å². The van der Waals surface area contributed by atoms with Gasteiger partial charge in [-0.3, -0.25) is 9.91 Å². The zero-order valence-electron chi connectivity index (χ0n) is 16.8. The fourth-order valence-electron chi connectivity index (χ4n) is 4.21. The molecule has 5 rings (SSSR count). The Kier molecular flexibility index (Phi) is 5.39. The second-order valence-electron chi connectivity index (χ2n) is 7.80. The van der Waals surface area contributed by atoms with E-state index in [0.717, 1.165) is 37.7 Å². The molecule has 1 aliphatic rings. The van der Waals surface area contributed by atoms with E-state index in [1.54, 1.807) is 0 Å². The minimum Gasteiger partial charge on any atom is -0.295 e. The van der Waals surface area contributed by atoms with Crippen molar-refractivity contribution in [2.24, 2.45) is 5.10 Å². The lowest BCUT2D eigenvalue weighted by Gasteiger charge is -2.33. The third-order valence-corrected chi connectivity index (χ3v) is 6.23. The van der Waals surface area contributed by atoms with Gasteiger partial charge in [-0.1, -0.05) is 78.3 Å². The standard InChI is InChI=1S/C26H24ClN3/c27-26-12-6-3-9-22(26)19-29-13-15-30(16-14-29)28-18-25-23-10-4-1-7-20(23)17-21-8-2-5-11-24(21)25/h1-12,17-18H,13-16,19H2/b28-18+. The van der Waals surface area contributed by atoms with E-state index in [2.05, 4.69) is 76.6 Å². The van der Waals surface area contributed by atoms with E-state index in [0.29, 0.717) is 0 Å². The van der Waals surface area contributed by atoms with E-state index in [9.17, 15) is 0 Å². The summed E-state index contributed by atoms with van der Waals surface area (Å²) in [5, 5.41) is 12.9. The highest BCUT2D eigenvalue weighted by Crippen LogP contribution is 2.27. The number of benzene rings is 4. The van der Waals surface area contributed by atoms with Crippen molar-refractivity contribution in [1.29, 1.82) is 0 Å². The van der Waals surface area contributed by atoms with Crippen molar-refractivity contribution in [1.82, 2.24) is 9.91 Å². The van der Waals surface area contributed by atoms with Crippen LogP contribution in [-0.2, 0) is 6.54 Å². The Balaban J connectivity index is 1.34. The summed E-state index contributed by atoms with van der Waals surface area (Å²) in [7, 11) is 0. The Morgan fingerprint density at radius 3 is 2.03 bits per heavy atom. The molecule has 3 nitrogen and oxygen atoms in total. The third kappa shape index (κ3) is 3.91. The largest absolute Gasteiger partial charge is 0.295 e. The SMILES string of the molecule is Clc1ccccc1CN1CCN(/N=C/c2c3ccccc3cc3ccccc23)CC1. The van der Waals surface area contributed by atoms with Crippen LogP contribution in [0.5, 0.6) is 0 Å². The first-order chi connectivity index (χ1) is 14.8. The van der Waals surface area contributed by atoms with Crippen LogP contribution in [0.3, 0.4) is 0 Å². The lowest BCUT2D eigenvalue weighted by molar-refractivity contribution is 0.131. The van der Waals surface area contributed by atoms with Crippen molar-refractivity contribution in [3.05, 3.63) is 95.0 Å². The van der Waals surface area contributed by atoms with E-state index in [-0.39, 0.29) is 0 Å². The number of fused-ring (bicyclic) bond motifs is 2. The first-order valence-corrected chi connectivity index (χ1v) is 10.8. The van der Waals surface area contributed by atoms with Gasteiger partial charge in [0.25, 0.3) is 0 Å². The molecular formula is C26H24ClN3. The average Bonchev–Trinajstić information content (AvgIpc) is 2.79. The van der Waals surface area contributed by atoms with Gasteiger partial charge in [0.1, 0.15) is 0 Å². The zero-order chi connectivity index (χ0) is 20.3. The molecule has 0 aromatic heterocycles. The molecule has 0 unspecified atom stereocenters. The lowest BCUT2D eigenvalue weighted by Crippen LogP contribution is -2.43. The van der Waals surface area contributed by atoms with Crippen molar-refractivity contribution in [3.63, 3.8) is 0 Å². The zero-order valence-corrected chi connectivity index (χ0v) is 17.6. The minimum atomic E-state index is 0.848. The van der Waals surface area contributed by atoms with E-state index < -0.39 is 0 Å². The second-order valence-corrected chi connectivity index (χ2v) is 8.21. The molecular weight excluding hydrogens is 390 g/mol. The van der Waals surface area contributed by atoms with Gasteiger partial charge in [0.2, 0.25) is 0 Å². The van der Waals surface area contributed by atoms with Crippen LogP contribution in [0.1, 0.15) is 11.1 Å². The Bertz CT molecular complexity index is 1160. The minimum absolute atomic E-state index is 0.848. The molecule has 4 heteroatoms. The number of hydrogen-bond donors (Lipinski definition) is 0. The van der Waals surface area contributed by atoms with E-state index >= 15 is 0 Å². The quantitative estimate of drug-likeness (QED) is 0.311. The number of hydrazone groups is 1. The molecule has 1 heterocycles. The maximum Gasteiger partial charge on any atom is 0.0555 e. The molecule has 4 aromatic rings. The molecule has 150 valence electrons. The molecule has 0 amide bonds. The summed E-state index contributed by atoms with van der Waals surface area (Å²) in [5.74, 6) is 0. The van der Waals surface area contributed by atoms with Crippen LogP contribution in [0.4, 0.5) is 0 Å². The van der Waals surface area contributed by atoms with Crippen LogP contribution in [0.25, 0.3) is 21.5 Å². The molecule has 0 saturated carbocycles. The predicted molar refractivity (Wildman–Crippen MR) is 127 cm³/mol. The van der Waals surface area contributed by atoms with Gasteiger partial charge < -0.3 is 0 Å². The van der Waals surface area contributed by atoms with Gasteiger partial charge in [-0.15, -0.1) is 0 Å². The normalized spacial score (nSPS) is 15.4. The van der Waals surface area contributed by atoms with Gasteiger partial charge in [0.15, 0.2) is 0 Å². The summed E-state index contributed by atoms with van der Waals surface area (Å²) >= 11 is 6.32. The third-order valence-electron chi connectivity index (χ3n) is 5.86. The van der Waals surface area contributed by atoms with Crippen LogP contribution < -0.4 is 0 Å². The van der Waals surface area contributed by atoms with Crippen LogP contribution in [0.2, 0.25) is 5.02 Å². The second kappa shape index (κ2) is 8.47. The van der Waals surface area contributed by atoms with Crippen LogP contribution in [-0.4, -0.2) is 42.3 Å². The van der Waals surface area contributed by atoms with Gasteiger partial charge in [-0.2, -0.15) is 5.10 Å². The first kappa shape index (κ1) is 19.1. The highest BCUT2D eigenvalue weighted by Gasteiger charge is 2.16. The summed E-state index contributed by atoms with van der Waals surface area (Å²) in [4.78, 5) is 2.44. The van der Waals surface area contributed by atoms with E-state index in [4.69, 9.17) is 16.7 Å². The van der Waals surface area contributed by atoms with Crippen molar-refractivity contribution < 1.29 is 0 Å². The lowest BCUT2D eigenvalue weighted by atomic mass is 9.97. The van der Waals surface area contributed by atoms with Crippen molar-refractivity contribution in [3.8, 4) is 0 Å². The number of halogens is 1. The summed E-state index contributed by atoms with van der Waals surface area (Å²) in [6, 6.07) is 27.5. The van der Waals surface area contributed by atoms with E-state index in [1.807, 2.05) is 18.3 Å². The van der Waals surface area contributed by atoms with Gasteiger partial charge in [-0.25, -0.2) is 0 Å². The van der Waals surface area contributed by atoms with E-state index in [1.165, 1.54) is 32.7 Å². The molecule has 0 N–H and O–H groups in total. The van der Waals surface area contributed by atoms with Crippen molar-refractivity contribution in [2.45, 2.75) is 6.54 Å². The summed E-state index contributed by atoms with van der Waals surface area (Å²) in [6.07, 6.45) is 2.05. The first-order valence-electron chi connectivity index (χ1n) is 10.4. The molecule has 0 bridgehead atoms. The van der Waals surface area contributed by atoms with Crippen molar-refractivity contribution in [2.75, 3.05) is 26.2 Å².